The first-order chi connectivity index (χ1) is 26.1. The van der Waals surface area contributed by atoms with Gasteiger partial charge in [-0.2, -0.15) is 0 Å². The van der Waals surface area contributed by atoms with Crippen LogP contribution in [0.25, 0.3) is 0 Å². The molecule has 316 valence electrons. The predicted molar refractivity (Wildman–Crippen MR) is 211 cm³/mol. The Bertz CT molecular complexity index is 1790. The van der Waals surface area contributed by atoms with E-state index in [4.69, 9.17) is 28.2 Å². The zero-order valence-electron chi connectivity index (χ0n) is 35.3. The molecule has 1 unspecified atom stereocenters. The minimum atomic E-state index is -4.09. The Morgan fingerprint density at radius 1 is 0.719 bits per heavy atom. The van der Waals surface area contributed by atoms with E-state index in [1.807, 2.05) is 0 Å². The highest BCUT2D eigenvalue weighted by Gasteiger charge is 2.56. The van der Waals surface area contributed by atoms with E-state index in [1.165, 1.54) is 24.3 Å². The lowest BCUT2D eigenvalue weighted by molar-refractivity contribution is -0.384. The van der Waals surface area contributed by atoms with Crippen molar-refractivity contribution in [1.82, 2.24) is 5.32 Å². The number of non-ortho nitro benzene ring substituents is 1. The van der Waals surface area contributed by atoms with Crippen molar-refractivity contribution in [2.45, 2.75) is 126 Å². The molecule has 1 aliphatic heterocycles. The largest absolute Gasteiger partial charge is 0.462 e. The minimum absolute atomic E-state index is 0.0205. The highest BCUT2D eigenvalue weighted by molar-refractivity contribution is 7.67. The van der Waals surface area contributed by atoms with E-state index in [1.54, 1.807) is 120 Å². The Balaban J connectivity index is 2.39. The number of nitrogens with zero attached hydrogens (tertiary/aromatic N) is 1. The third-order valence-electron chi connectivity index (χ3n) is 8.71. The van der Waals surface area contributed by atoms with Crippen molar-refractivity contribution in [3.63, 3.8) is 0 Å². The van der Waals surface area contributed by atoms with Crippen molar-refractivity contribution in [3.05, 3.63) is 70.3 Å². The lowest BCUT2D eigenvalue weighted by Crippen LogP contribution is -2.67. The molecule has 0 spiro atoms. The molecule has 0 aromatic heterocycles. The topological polar surface area (TPSA) is 196 Å². The number of hydrogen-bond acceptors (Lipinski definition) is 14. The van der Waals surface area contributed by atoms with Crippen LogP contribution in [0.4, 0.5) is 5.69 Å². The fourth-order valence-electron chi connectivity index (χ4n) is 5.31. The van der Waals surface area contributed by atoms with Gasteiger partial charge in [-0.1, -0.05) is 30.3 Å². The molecule has 1 heterocycles. The molecule has 16 heteroatoms. The number of hydrogen-bond donors (Lipinski definition) is 1. The summed E-state index contributed by atoms with van der Waals surface area (Å²) in [6, 6.07) is 13.6. The summed E-state index contributed by atoms with van der Waals surface area (Å²) in [5.41, 5.74) is -4.20. The molecule has 3 rings (SSSR count). The van der Waals surface area contributed by atoms with Crippen molar-refractivity contribution in [2.24, 2.45) is 21.7 Å². The van der Waals surface area contributed by atoms with Crippen LogP contribution in [0.1, 0.15) is 101 Å². The van der Waals surface area contributed by atoms with Crippen LogP contribution in [-0.2, 0) is 52.0 Å². The van der Waals surface area contributed by atoms with Crippen LogP contribution in [0.3, 0.4) is 0 Å². The number of nitrogens with one attached hydrogen (secondary N) is 1. The van der Waals surface area contributed by atoms with Gasteiger partial charge in [0.15, 0.2) is 24.5 Å². The SMILES string of the molecule is CCOP(=O)(c1ccccc1)[C@H](N[C@@H]1O[C@H](COC(=O)C(C)(C)C)[C@H](OC(=O)C(C)(C)C)[C@H](OC(=O)C(C)(C)C)[C@H]1OC(=O)C(C)(C)C)c1ccc([N+](=O)[O-])cc1. The fourth-order valence-corrected chi connectivity index (χ4v) is 7.79. The van der Waals surface area contributed by atoms with Gasteiger partial charge in [0.25, 0.3) is 13.1 Å². The van der Waals surface area contributed by atoms with E-state index in [9.17, 15) is 29.3 Å². The first kappa shape index (κ1) is 47.2. The normalized spacial score (nSPS) is 22.0. The lowest BCUT2D eigenvalue weighted by Gasteiger charge is -2.47. The summed E-state index contributed by atoms with van der Waals surface area (Å²) in [4.78, 5) is 65.4. The Morgan fingerprint density at radius 2 is 1.18 bits per heavy atom. The monoisotopic (exact) mass is 818 g/mol. The maximum Gasteiger partial charge on any atom is 0.311 e. The highest BCUT2D eigenvalue weighted by atomic mass is 31.2. The van der Waals surface area contributed by atoms with Gasteiger partial charge in [0.1, 0.15) is 18.5 Å². The van der Waals surface area contributed by atoms with Crippen molar-refractivity contribution in [3.8, 4) is 0 Å². The summed E-state index contributed by atoms with van der Waals surface area (Å²) in [6.07, 6.45) is -7.57. The van der Waals surface area contributed by atoms with Gasteiger partial charge in [0.2, 0.25) is 0 Å². The fraction of sp³-hybridized carbons (Fsp3) is 0.610. The van der Waals surface area contributed by atoms with E-state index in [0.29, 0.717) is 0 Å². The Labute approximate surface area is 335 Å². The predicted octanol–water partition coefficient (Wildman–Crippen LogP) is 7.01. The molecule has 1 aliphatic rings. The second-order valence-corrected chi connectivity index (χ2v) is 20.6. The third kappa shape index (κ3) is 12.2. The Kier molecular flexibility index (Phi) is 15.1. The van der Waals surface area contributed by atoms with Gasteiger partial charge in [0.05, 0.1) is 33.2 Å². The average Bonchev–Trinajstić information content (AvgIpc) is 3.10. The Morgan fingerprint density at radius 3 is 1.61 bits per heavy atom. The summed E-state index contributed by atoms with van der Waals surface area (Å²) in [5, 5.41) is 15.1. The molecular weight excluding hydrogens is 759 g/mol. The number of benzene rings is 2. The van der Waals surface area contributed by atoms with Crippen molar-refractivity contribution in [1.29, 1.82) is 0 Å². The number of carbonyl (C=O) groups is 4. The van der Waals surface area contributed by atoms with E-state index < -0.39 is 101 Å². The van der Waals surface area contributed by atoms with Crippen LogP contribution in [0.2, 0.25) is 0 Å². The molecule has 1 N–H and O–H groups in total. The molecule has 1 fully saturated rings. The minimum Gasteiger partial charge on any atom is -0.462 e. The Hall–Kier alpha value is -4.17. The maximum absolute atomic E-state index is 15.4. The molecule has 2 aromatic rings. The first-order valence-electron chi connectivity index (χ1n) is 18.9. The molecule has 2 aromatic carbocycles. The summed E-state index contributed by atoms with van der Waals surface area (Å²) < 4.78 is 52.2. The molecule has 15 nitrogen and oxygen atoms in total. The van der Waals surface area contributed by atoms with Crippen LogP contribution >= 0.6 is 7.37 Å². The second-order valence-electron chi connectivity index (χ2n) is 18.1. The molecule has 0 bridgehead atoms. The van der Waals surface area contributed by atoms with Gasteiger partial charge in [-0.3, -0.25) is 39.2 Å². The molecule has 0 aliphatic carbocycles. The smallest absolute Gasteiger partial charge is 0.311 e. The van der Waals surface area contributed by atoms with Gasteiger partial charge in [-0.05, 0) is 108 Å². The van der Waals surface area contributed by atoms with Crippen molar-refractivity contribution >= 4 is 42.2 Å². The quantitative estimate of drug-likeness (QED) is 0.0712. The molecule has 7 atom stereocenters. The van der Waals surface area contributed by atoms with Gasteiger partial charge in [-0.15, -0.1) is 0 Å². The van der Waals surface area contributed by atoms with Crippen LogP contribution in [0, 0.1) is 31.8 Å². The maximum atomic E-state index is 15.4. The van der Waals surface area contributed by atoms with Gasteiger partial charge < -0.3 is 28.2 Å². The molecule has 0 saturated carbocycles. The van der Waals surface area contributed by atoms with E-state index in [2.05, 4.69) is 5.32 Å². The first-order valence-corrected chi connectivity index (χ1v) is 20.6. The van der Waals surface area contributed by atoms with Gasteiger partial charge in [0, 0.05) is 17.4 Å². The molecule has 0 radical (unpaired) electrons. The van der Waals surface area contributed by atoms with Crippen LogP contribution in [-0.4, -0.2) is 72.7 Å². The lowest BCUT2D eigenvalue weighted by atomic mass is 9.92. The van der Waals surface area contributed by atoms with Crippen LogP contribution in [0.5, 0.6) is 0 Å². The number of carbonyl (C=O) groups excluding carboxylic acids is 4. The van der Waals surface area contributed by atoms with E-state index in [-0.39, 0.29) is 23.2 Å². The molecule has 57 heavy (non-hydrogen) atoms. The summed E-state index contributed by atoms with van der Waals surface area (Å²) in [7, 11) is -4.09. The molecule has 1 saturated heterocycles. The number of nitro groups is 1. The van der Waals surface area contributed by atoms with E-state index >= 15 is 4.57 Å². The standard InChI is InChI=1S/C41H59N2O13P/c1-14-52-57(50,27-18-16-15-17-19-27)33(25-20-22-26(23-21-25)43(48)49)42-32-31(56-37(47)41(11,12)13)30(55-36(46)40(8,9)10)29(54-35(45)39(5,6)7)28(53-32)24-51-34(44)38(2,3)4/h15-23,28-33,42H,14,24H2,1-13H3/t28-,29+,30+,31-,32-,33+,57?/m1/s1. The van der Waals surface area contributed by atoms with Crippen LogP contribution in [0.15, 0.2) is 54.6 Å². The van der Waals surface area contributed by atoms with Gasteiger partial charge in [-0.25, -0.2) is 0 Å². The highest BCUT2D eigenvalue weighted by Crippen LogP contribution is 2.58. The summed E-state index contributed by atoms with van der Waals surface area (Å²) >= 11 is 0. The van der Waals surface area contributed by atoms with Crippen LogP contribution < -0.4 is 10.6 Å². The third-order valence-corrected chi connectivity index (χ3v) is 11.5. The molecule has 0 amide bonds. The van der Waals surface area contributed by atoms with Crippen molar-refractivity contribution in [2.75, 3.05) is 13.2 Å². The zero-order chi connectivity index (χ0) is 43.3. The van der Waals surface area contributed by atoms with E-state index in [0.717, 1.165) is 0 Å². The number of rotatable bonds is 13. The number of ether oxygens (including phenoxy) is 5. The number of esters is 4. The number of nitro benzene ring substituents is 1. The molecular formula is C41H59N2O13P. The summed E-state index contributed by atoms with van der Waals surface area (Å²) in [6.45, 7) is 20.6. The second kappa shape index (κ2) is 18.2. The van der Waals surface area contributed by atoms with Crippen molar-refractivity contribution < 1.29 is 56.9 Å². The summed E-state index contributed by atoms with van der Waals surface area (Å²) in [5.74, 6) is -4.17. The average molecular weight is 819 g/mol. The van der Waals surface area contributed by atoms with Gasteiger partial charge >= 0.3 is 23.9 Å². The zero-order valence-corrected chi connectivity index (χ0v) is 36.2.